The summed E-state index contributed by atoms with van der Waals surface area (Å²) < 4.78 is 76.3. The van der Waals surface area contributed by atoms with Crippen molar-refractivity contribution >= 4 is 5.91 Å². The van der Waals surface area contributed by atoms with Gasteiger partial charge < -0.3 is 5.32 Å². The average molecular weight is 279 g/mol. The van der Waals surface area contributed by atoms with Crippen LogP contribution in [0.2, 0.25) is 0 Å². The molecule has 0 fully saturated rings. The number of rotatable bonds is 2. The molecule has 0 radical (unpaired) electrons. The zero-order valence-corrected chi connectivity index (χ0v) is 10.4. The van der Waals surface area contributed by atoms with Crippen LogP contribution in [-0.2, 0) is 4.79 Å². The lowest BCUT2D eigenvalue weighted by molar-refractivity contribution is -0.326. The Bertz CT molecular complexity index is 298. The highest BCUT2D eigenvalue weighted by Crippen LogP contribution is 2.52. The van der Waals surface area contributed by atoms with E-state index < -0.39 is 35.6 Å². The Morgan fingerprint density at radius 2 is 1.28 bits per heavy atom. The zero-order chi connectivity index (χ0) is 15.0. The third kappa shape index (κ3) is 3.08. The van der Waals surface area contributed by atoms with Crippen molar-refractivity contribution in [3.05, 3.63) is 0 Å². The van der Waals surface area contributed by atoms with Crippen LogP contribution in [0, 0.1) is 5.41 Å². The van der Waals surface area contributed by atoms with E-state index in [1.165, 1.54) is 20.8 Å². The molecule has 0 saturated carbocycles. The molecule has 0 heterocycles. The Morgan fingerprint density at radius 1 is 0.944 bits per heavy atom. The van der Waals surface area contributed by atoms with Gasteiger partial charge in [-0.25, -0.2) is 0 Å². The Morgan fingerprint density at radius 3 is 1.44 bits per heavy atom. The first-order chi connectivity index (χ1) is 7.69. The maximum atomic E-state index is 12.7. The van der Waals surface area contributed by atoms with Crippen molar-refractivity contribution in [1.82, 2.24) is 5.32 Å². The van der Waals surface area contributed by atoms with Crippen LogP contribution in [0.1, 0.15) is 34.1 Å². The fourth-order valence-electron chi connectivity index (χ4n) is 1.43. The standard InChI is InChI=1S/C10H15F6NO/c1-5-8(9(11,12)13,10(14,15)16)6(18)17-7(2,3)4/h5H2,1-4H3,(H,17,18). The normalized spacial score (nSPS) is 14.6. The smallest absolute Gasteiger partial charge is 0.350 e. The van der Waals surface area contributed by atoms with Crippen LogP contribution in [-0.4, -0.2) is 23.8 Å². The van der Waals surface area contributed by atoms with Gasteiger partial charge in [0.2, 0.25) is 11.3 Å². The first-order valence-electron chi connectivity index (χ1n) is 5.15. The number of hydrogen-bond acceptors (Lipinski definition) is 1. The van der Waals surface area contributed by atoms with Crippen molar-refractivity contribution < 1.29 is 31.1 Å². The fraction of sp³-hybridized carbons (Fsp3) is 0.900. The molecule has 0 aromatic carbocycles. The summed E-state index contributed by atoms with van der Waals surface area (Å²) in [7, 11) is 0. The number of alkyl halides is 6. The van der Waals surface area contributed by atoms with Crippen molar-refractivity contribution in [1.29, 1.82) is 0 Å². The Hall–Kier alpha value is -0.950. The molecule has 1 N–H and O–H groups in total. The topological polar surface area (TPSA) is 29.1 Å². The van der Waals surface area contributed by atoms with Gasteiger partial charge in [-0.1, -0.05) is 6.92 Å². The van der Waals surface area contributed by atoms with E-state index >= 15 is 0 Å². The number of nitrogens with one attached hydrogen (secondary N) is 1. The van der Waals surface area contributed by atoms with Crippen LogP contribution in [0.15, 0.2) is 0 Å². The molecule has 18 heavy (non-hydrogen) atoms. The monoisotopic (exact) mass is 279 g/mol. The second-order valence-corrected chi connectivity index (χ2v) is 4.96. The molecule has 0 aliphatic rings. The molecule has 0 saturated heterocycles. The van der Waals surface area contributed by atoms with E-state index in [4.69, 9.17) is 0 Å². The SMILES string of the molecule is CCC(C(=O)NC(C)(C)C)(C(F)(F)F)C(F)(F)F. The lowest BCUT2D eigenvalue weighted by atomic mass is 9.81. The zero-order valence-electron chi connectivity index (χ0n) is 10.4. The van der Waals surface area contributed by atoms with Crippen LogP contribution in [0.25, 0.3) is 0 Å². The molecule has 0 aliphatic carbocycles. The molecule has 0 bridgehead atoms. The molecule has 0 atom stereocenters. The highest BCUT2D eigenvalue weighted by molar-refractivity contribution is 5.85. The van der Waals surface area contributed by atoms with Gasteiger partial charge in [0.1, 0.15) is 0 Å². The number of carbonyl (C=O) groups excluding carboxylic acids is 1. The summed E-state index contributed by atoms with van der Waals surface area (Å²) in [4.78, 5) is 11.5. The fourth-order valence-corrected chi connectivity index (χ4v) is 1.43. The Kier molecular flexibility index (Phi) is 4.38. The first-order valence-corrected chi connectivity index (χ1v) is 5.15. The largest absolute Gasteiger partial charge is 0.412 e. The lowest BCUT2D eigenvalue weighted by Crippen LogP contribution is -2.61. The molecular formula is C10H15F6NO. The van der Waals surface area contributed by atoms with Crippen molar-refractivity contribution in [2.45, 2.75) is 52.0 Å². The van der Waals surface area contributed by atoms with E-state index in [9.17, 15) is 31.1 Å². The van der Waals surface area contributed by atoms with Gasteiger partial charge in [-0.3, -0.25) is 4.79 Å². The number of amides is 1. The summed E-state index contributed by atoms with van der Waals surface area (Å²) in [5.74, 6) is -2.07. The van der Waals surface area contributed by atoms with E-state index in [1.807, 2.05) is 0 Å². The summed E-state index contributed by atoms with van der Waals surface area (Å²) in [6, 6.07) is 0. The van der Waals surface area contributed by atoms with Gasteiger partial charge in [-0.2, -0.15) is 26.3 Å². The van der Waals surface area contributed by atoms with Crippen LogP contribution in [0.5, 0.6) is 0 Å². The number of hydrogen-bond donors (Lipinski definition) is 1. The Balaban J connectivity index is 5.71. The quantitative estimate of drug-likeness (QED) is 0.771. The van der Waals surface area contributed by atoms with Crippen molar-refractivity contribution in [3.8, 4) is 0 Å². The maximum absolute atomic E-state index is 12.7. The highest BCUT2D eigenvalue weighted by Gasteiger charge is 2.74. The minimum atomic E-state index is -5.70. The first kappa shape index (κ1) is 17.1. The molecule has 0 unspecified atom stereocenters. The summed E-state index contributed by atoms with van der Waals surface area (Å²) in [5.41, 5.74) is -5.55. The third-order valence-corrected chi connectivity index (χ3v) is 2.37. The molecule has 2 nitrogen and oxygen atoms in total. The lowest BCUT2D eigenvalue weighted by Gasteiger charge is -2.37. The van der Waals surface area contributed by atoms with Gasteiger partial charge >= 0.3 is 12.4 Å². The van der Waals surface area contributed by atoms with E-state index in [0.717, 1.165) is 0 Å². The molecule has 0 rings (SSSR count). The van der Waals surface area contributed by atoms with E-state index in [1.54, 1.807) is 5.32 Å². The van der Waals surface area contributed by atoms with Gasteiger partial charge in [0.25, 0.3) is 0 Å². The van der Waals surface area contributed by atoms with E-state index in [2.05, 4.69) is 0 Å². The van der Waals surface area contributed by atoms with Gasteiger partial charge in [-0.15, -0.1) is 0 Å². The van der Waals surface area contributed by atoms with Gasteiger partial charge in [-0.05, 0) is 27.2 Å². The molecule has 0 spiro atoms. The predicted molar refractivity (Wildman–Crippen MR) is 52.7 cm³/mol. The van der Waals surface area contributed by atoms with Crippen molar-refractivity contribution in [3.63, 3.8) is 0 Å². The second-order valence-electron chi connectivity index (χ2n) is 4.96. The van der Waals surface area contributed by atoms with Gasteiger partial charge in [0.05, 0.1) is 0 Å². The van der Waals surface area contributed by atoms with Crippen LogP contribution in [0.4, 0.5) is 26.3 Å². The van der Waals surface area contributed by atoms with Crippen molar-refractivity contribution in [2.75, 3.05) is 0 Å². The van der Waals surface area contributed by atoms with E-state index in [0.29, 0.717) is 6.92 Å². The molecule has 108 valence electrons. The molecule has 0 aromatic rings. The molecule has 8 heteroatoms. The summed E-state index contributed by atoms with van der Waals surface area (Å²) >= 11 is 0. The summed E-state index contributed by atoms with van der Waals surface area (Å²) in [5, 5.41) is 1.75. The molecule has 0 aromatic heterocycles. The molecule has 0 aliphatic heterocycles. The highest BCUT2D eigenvalue weighted by atomic mass is 19.4. The summed E-state index contributed by atoms with van der Waals surface area (Å²) in [6.07, 6.45) is -12.8. The van der Waals surface area contributed by atoms with Crippen molar-refractivity contribution in [2.24, 2.45) is 5.41 Å². The molecular weight excluding hydrogens is 264 g/mol. The van der Waals surface area contributed by atoms with Gasteiger partial charge in [0.15, 0.2) is 0 Å². The number of carbonyl (C=O) groups is 1. The minimum absolute atomic E-state index is 0.684. The molecule has 1 amide bonds. The number of halogens is 6. The van der Waals surface area contributed by atoms with Crippen LogP contribution < -0.4 is 5.32 Å². The minimum Gasteiger partial charge on any atom is -0.350 e. The van der Waals surface area contributed by atoms with Crippen LogP contribution in [0.3, 0.4) is 0 Å². The third-order valence-electron chi connectivity index (χ3n) is 2.37. The average Bonchev–Trinajstić information content (AvgIpc) is 1.95. The summed E-state index contributed by atoms with van der Waals surface area (Å²) in [6.45, 7) is 4.59. The Labute approximate surface area is 101 Å². The predicted octanol–water partition coefficient (Wildman–Crippen LogP) is 3.42. The van der Waals surface area contributed by atoms with Crippen LogP contribution >= 0.6 is 0 Å². The second kappa shape index (κ2) is 4.62. The van der Waals surface area contributed by atoms with Gasteiger partial charge in [0, 0.05) is 5.54 Å². The maximum Gasteiger partial charge on any atom is 0.412 e. The van der Waals surface area contributed by atoms with E-state index in [-0.39, 0.29) is 0 Å².